The van der Waals surface area contributed by atoms with Crippen molar-refractivity contribution in [3.8, 4) is 0 Å². The van der Waals surface area contributed by atoms with Gasteiger partial charge in [0.05, 0.1) is 0 Å². The minimum atomic E-state index is 0.674. The molecule has 0 atom stereocenters. The molecule has 0 bridgehead atoms. The summed E-state index contributed by atoms with van der Waals surface area (Å²) in [6, 6.07) is 0. The van der Waals surface area contributed by atoms with Gasteiger partial charge in [-0.3, -0.25) is 0 Å². The molecule has 2 aliphatic carbocycles. The van der Waals surface area contributed by atoms with Crippen molar-refractivity contribution in [2.75, 3.05) is 21.1 Å². The lowest BCUT2D eigenvalue weighted by molar-refractivity contribution is 0.422. The number of rotatable bonds is 2. The summed E-state index contributed by atoms with van der Waals surface area (Å²) in [6.45, 7) is 1.35. The fourth-order valence-electron chi connectivity index (χ4n) is 5.55. The third-order valence-corrected chi connectivity index (χ3v) is 6.33. The van der Waals surface area contributed by atoms with E-state index in [4.69, 9.17) is 0 Å². The Hall–Kier alpha value is 0.0748. The highest BCUT2D eigenvalue weighted by molar-refractivity contribution is 6.81. The monoisotopic (exact) mass is 287 g/mol. The lowest BCUT2D eigenvalue weighted by atomic mass is 9.39. The standard InChI is InChI=1S/C15H32B3N3/c1-19-16-20(2)18(15-12-8-5-9-13-15)21(3)17(19)14-10-6-4-7-11-14/h14-16H,4-13H2,1-3H3. The van der Waals surface area contributed by atoms with Crippen LogP contribution >= 0.6 is 0 Å². The third kappa shape index (κ3) is 3.38. The Labute approximate surface area is 133 Å². The van der Waals surface area contributed by atoms with Crippen molar-refractivity contribution in [3.05, 3.63) is 0 Å². The predicted molar refractivity (Wildman–Crippen MR) is 95.6 cm³/mol. The zero-order chi connectivity index (χ0) is 14.8. The van der Waals surface area contributed by atoms with Gasteiger partial charge in [-0.05, 0) is 32.8 Å². The van der Waals surface area contributed by atoms with Crippen LogP contribution in [0, 0.1) is 0 Å². The third-order valence-electron chi connectivity index (χ3n) is 6.33. The highest BCUT2D eigenvalue weighted by atomic mass is 15.3. The van der Waals surface area contributed by atoms with Crippen LogP contribution in [0.1, 0.15) is 64.2 Å². The maximum absolute atomic E-state index is 2.75. The van der Waals surface area contributed by atoms with E-state index < -0.39 is 0 Å². The summed E-state index contributed by atoms with van der Waals surface area (Å²) < 4.78 is 7.96. The van der Waals surface area contributed by atoms with Crippen LogP contribution in [0.4, 0.5) is 0 Å². The van der Waals surface area contributed by atoms with E-state index in [1.807, 2.05) is 0 Å². The molecule has 3 aliphatic rings. The van der Waals surface area contributed by atoms with Gasteiger partial charge in [0, 0.05) is 0 Å². The molecule has 2 saturated carbocycles. The van der Waals surface area contributed by atoms with E-state index in [0.29, 0.717) is 14.0 Å². The van der Waals surface area contributed by atoms with Crippen LogP contribution in [0.25, 0.3) is 0 Å². The molecule has 0 unspecified atom stereocenters. The van der Waals surface area contributed by atoms with Crippen LogP contribution < -0.4 is 0 Å². The maximum atomic E-state index is 2.75. The van der Waals surface area contributed by atoms with Crippen LogP contribution in [-0.2, 0) is 0 Å². The normalized spacial score (nSPS) is 28.9. The van der Waals surface area contributed by atoms with Crippen LogP contribution in [0.5, 0.6) is 0 Å². The van der Waals surface area contributed by atoms with Gasteiger partial charge in [0.2, 0.25) is 0 Å². The number of hydrogen-bond acceptors (Lipinski definition) is 3. The average Bonchev–Trinajstić information content (AvgIpc) is 2.49. The van der Waals surface area contributed by atoms with Crippen molar-refractivity contribution >= 4 is 21.5 Å². The van der Waals surface area contributed by atoms with E-state index >= 15 is 0 Å². The molecular weight excluding hydrogens is 255 g/mol. The molecule has 21 heavy (non-hydrogen) atoms. The van der Waals surface area contributed by atoms with E-state index in [0.717, 1.165) is 19.2 Å². The fraction of sp³-hybridized carbons (Fsp3) is 1.00. The molecule has 0 aromatic rings. The van der Waals surface area contributed by atoms with Crippen molar-refractivity contribution in [3.63, 3.8) is 0 Å². The molecule has 1 aliphatic heterocycles. The molecule has 0 amide bonds. The van der Waals surface area contributed by atoms with Gasteiger partial charge in [0.1, 0.15) is 0 Å². The molecule has 3 nitrogen and oxygen atoms in total. The highest BCUT2D eigenvalue weighted by Crippen LogP contribution is 2.39. The molecule has 6 heteroatoms. The Morgan fingerprint density at radius 2 is 1.05 bits per heavy atom. The summed E-state index contributed by atoms with van der Waals surface area (Å²) in [5.41, 5.74) is 0. The summed E-state index contributed by atoms with van der Waals surface area (Å²) in [4.78, 5) is 0. The van der Waals surface area contributed by atoms with Gasteiger partial charge in [0.15, 0.2) is 0 Å². The number of nitrogens with zero attached hydrogens (tertiary/aromatic N) is 3. The second-order valence-corrected chi connectivity index (χ2v) is 7.94. The van der Waals surface area contributed by atoms with Crippen molar-refractivity contribution in [1.82, 2.24) is 14.2 Å². The smallest absolute Gasteiger partial charge is 0.292 e. The first-order valence-electron chi connectivity index (χ1n) is 9.31. The Balaban J connectivity index is 1.73. The first-order chi connectivity index (χ1) is 10.2. The molecule has 116 valence electrons. The van der Waals surface area contributed by atoms with Crippen LogP contribution in [0.3, 0.4) is 0 Å². The SMILES string of the molecule is CN1BN(C)B(C2CCCCC2)N(C)B1C1CCCCC1. The molecule has 1 heterocycles. The molecule has 0 aromatic carbocycles. The maximum Gasteiger partial charge on any atom is 0.292 e. The predicted octanol–water partition coefficient (Wildman–Crippen LogP) is 2.71. The van der Waals surface area contributed by atoms with Crippen molar-refractivity contribution in [1.29, 1.82) is 0 Å². The quantitative estimate of drug-likeness (QED) is 0.723. The van der Waals surface area contributed by atoms with E-state index in [2.05, 4.69) is 35.3 Å². The molecule has 0 N–H and O–H groups in total. The van der Waals surface area contributed by atoms with Crippen LogP contribution in [0.15, 0.2) is 0 Å². The van der Waals surface area contributed by atoms with Crippen molar-refractivity contribution in [2.24, 2.45) is 0 Å². The largest absolute Gasteiger partial charge is 0.363 e. The Kier molecular flexibility index (Phi) is 5.39. The Bertz CT molecular complexity index is 302. The van der Waals surface area contributed by atoms with Gasteiger partial charge in [-0.15, -0.1) is 0 Å². The van der Waals surface area contributed by atoms with E-state index in [1.54, 1.807) is 0 Å². The molecule has 1 saturated heterocycles. The number of hydrogen-bond donors (Lipinski definition) is 0. The van der Waals surface area contributed by atoms with E-state index in [-0.39, 0.29) is 0 Å². The summed E-state index contributed by atoms with van der Waals surface area (Å²) in [5.74, 6) is 1.79. The van der Waals surface area contributed by atoms with Crippen LogP contribution in [-0.4, -0.2) is 56.8 Å². The van der Waals surface area contributed by atoms with Crippen molar-refractivity contribution < 1.29 is 0 Å². The van der Waals surface area contributed by atoms with E-state index in [1.165, 1.54) is 64.2 Å². The first kappa shape index (κ1) is 16.0. The van der Waals surface area contributed by atoms with Gasteiger partial charge in [-0.1, -0.05) is 64.2 Å². The molecule has 3 fully saturated rings. The minimum absolute atomic E-state index is 0.674. The fourth-order valence-corrected chi connectivity index (χ4v) is 5.55. The molecule has 0 aromatic heterocycles. The zero-order valence-corrected chi connectivity index (χ0v) is 14.4. The first-order valence-corrected chi connectivity index (χ1v) is 9.31. The molecule has 0 radical (unpaired) electrons. The Morgan fingerprint density at radius 3 is 1.43 bits per heavy atom. The topological polar surface area (TPSA) is 9.72 Å². The summed E-state index contributed by atoms with van der Waals surface area (Å²) in [7, 11) is 8.23. The van der Waals surface area contributed by atoms with Crippen molar-refractivity contribution in [2.45, 2.75) is 75.8 Å². The highest BCUT2D eigenvalue weighted by Gasteiger charge is 2.48. The zero-order valence-electron chi connectivity index (χ0n) is 14.4. The van der Waals surface area contributed by atoms with Gasteiger partial charge >= 0.3 is 0 Å². The summed E-state index contributed by atoms with van der Waals surface area (Å²) >= 11 is 0. The minimum Gasteiger partial charge on any atom is -0.363 e. The van der Waals surface area contributed by atoms with Gasteiger partial charge in [0.25, 0.3) is 21.5 Å². The molecule has 3 rings (SSSR count). The Morgan fingerprint density at radius 1 is 0.667 bits per heavy atom. The average molecular weight is 287 g/mol. The van der Waals surface area contributed by atoms with Gasteiger partial charge in [-0.25, -0.2) is 0 Å². The lowest BCUT2D eigenvalue weighted by Crippen LogP contribution is -2.72. The van der Waals surface area contributed by atoms with Crippen LogP contribution in [0.2, 0.25) is 11.6 Å². The van der Waals surface area contributed by atoms with Gasteiger partial charge < -0.3 is 14.2 Å². The summed E-state index contributed by atoms with van der Waals surface area (Å²) in [5, 5.41) is 0. The molecular formula is C15H32B3N3. The lowest BCUT2D eigenvalue weighted by Gasteiger charge is -2.52. The van der Waals surface area contributed by atoms with E-state index in [9.17, 15) is 0 Å². The molecule has 0 spiro atoms. The second kappa shape index (κ2) is 7.10. The summed E-state index contributed by atoms with van der Waals surface area (Å²) in [6.07, 6.45) is 14.5. The second-order valence-electron chi connectivity index (χ2n) is 7.94. The van der Waals surface area contributed by atoms with Gasteiger partial charge in [-0.2, -0.15) is 0 Å².